The second-order valence-corrected chi connectivity index (χ2v) is 7.10. The first-order valence-corrected chi connectivity index (χ1v) is 10.0. The van der Waals surface area contributed by atoms with E-state index in [0.29, 0.717) is 16.9 Å². The summed E-state index contributed by atoms with van der Waals surface area (Å²) in [5.41, 5.74) is 7.16. The zero-order chi connectivity index (χ0) is 22.3. The molecule has 0 spiro atoms. The molecule has 2 N–H and O–H groups in total. The molecule has 2 amide bonds. The van der Waals surface area contributed by atoms with Crippen LogP contribution in [0, 0.1) is 6.92 Å². The van der Waals surface area contributed by atoms with E-state index in [1.807, 2.05) is 73.8 Å². The molecule has 0 saturated heterocycles. The average Bonchev–Trinajstić information content (AvgIpc) is 3.25. The van der Waals surface area contributed by atoms with Crippen LogP contribution in [0.2, 0.25) is 0 Å². The van der Waals surface area contributed by atoms with Gasteiger partial charge in [-0.25, -0.2) is 10.1 Å². The molecule has 0 aliphatic rings. The summed E-state index contributed by atoms with van der Waals surface area (Å²) in [5, 5.41) is 11.2. The van der Waals surface area contributed by atoms with Crippen molar-refractivity contribution in [1.82, 2.24) is 15.2 Å². The van der Waals surface area contributed by atoms with Gasteiger partial charge in [0.2, 0.25) is 0 Å². The molecule has 0 aliphatic carbocycles. The summed E-state index contributed by atoms with van der Waals surface area (Å²) in [4.78, 5) is 24.1. The predicted molar refractivity (Wildman–Crippen MR) is 125 cm³/mol. The number of nitrogens with zero attached hydrogens (tertiary/aromatic N) is 3. The Hall–Kier alpha value is -4.52. The minimum absolute atomic E-state index is 0.530. The Morgan fingerprint density at radius 2 is 1.53 bits per heavy atom. The van der Waals surface area contributed by atoms with Crippen LogP contribution in [0.4, 0.5) is 5.69 Å². The Bertz CT molecular complexity index is 1250. The Balaban J connectivity index is 1.54. The van der Waals surface area contributed by atoms with E-state index in [0.717, 1.165) is 16.8 Å². The minimum Gasteiger partial charge on any atom is -0.318 e. The first-order chi connectivity index (χ1) is 15.6. The maximum Gasteiger partial charge on any atom is 0.329 e. The molecule has 0 unspecified atom stereocenters. The number of hydrazone groups is 1. The van der Waals surface area contributed by atoms with Crippen LogP contribution in [0.25, 0.3) is 16.9 Å². The number of nitrogens with one attached hydrogen (secondary N) is 2. The Morgan fingerprint density at radius 1 is 0.875 bits per heavy atom. The Labute approximate surface area is 185 Å². The van der Waals surface area contributed by atoms with Gasteiger partial charge in [0, 0.05) is 23.0 Å². The summed E-state index contributed by atoms with van der Waals surface area (Å²) in [6.45, 7) is 2.02. The molecular formula is C25H21N5O2. The van der Waals surface area contributed by atoms with Gasteiger partial charge in [-0.15, -0.1) is 0 Å². The topological polar surface area (TPSA) is 88.4 Å². The fourth-order valence-corrected chi connectivity index (χ4v) is 3.05. The smallest absolute Gasteiger partial charge is 0.318 e. The highest BCUT2D eigenvalue weighted by molar-refractivity contribution is 6.39. The van der Waals surface area contributed by atoms with Gasteiger partial charge in [-0.1, -0.05) is 66.2 Å². The normalized spacial score (nSPS) is 10.8. The number of para-hydroxylation sites is 2. The SMILES string of the molecule is Cc1ccc(-c2nn(-c3ccccc3)cc2C=NNC(=O)C(=O)Nc2ccccc2)cc1. The van der Waals surface area contributed by atoms with Crippen molar-refractivity contribution < 1.29 is 9.59 Å². The molecule has 3 aromatic carbocycles. The molecule has 0 aliphatic heterocycles. The summed E-state index contributed by atoms with van der Waals surface area (Å²) in [6.07, 6.45) is 3.31. The second-order valence-electron chi connectivity index (χ2n) is 7.10. The van der Waals surface area contributed by atoms with Crippen LogP contribution in [-0.4, -0.2) is 27.8 Å². The van der Waals surface area contributed by atoms with Crippen LogP contribution in [0.5, 0.6) is 0 Å². The van der Waals surface area contributed by atoms with E-state index in [1.165, 1.54) is 6.21 Å². The van der Waals surface area contributed by atoms with E-state index in [-0.39, 0.29) is 0 Å². The van der Waals surface area contributed by atoms with Crippen molar-refractivity contribution in [2.45, 2.75) is 6.92 Å². The van der Waals surface area contributed by atoms with E-state index in [2.05, 4.69) is 15.8 Å². The summed E-state index contributed by atoms with van der Waals surface area (Å²) in [5.74, 6) is -1.66. The third-order valence-corrected chi connectivity index (χ3v) is 4.70. The van der Waals surface area contributed by atoms with Crippen LogP contribution in [-0.2, 0) is 9.59 Å². The van der Waals surface area contributed by atoms with Crippen molar-refractivity contribution in [1.29, 1.82) is 0 Å². The summed E-state index contributed by atoms with van der Waals surface area (Å²) in [7, 11) is 0. The number of aromatic nitrogens is 2. The number of carbonyl (C=O) groups is 2. The minimum atomic E-state index is -0.863. The monoisotopic (exact) mass is 423 g/mol. The highest BCUT2D eigenvalue weighted by Gasteiger charge is 2.14. The molecule has 32 heavy (non-hydrogen) atoms. The van der Waals surface area contributed by atoms with Gasteiger partial charge in [-0.05, 0) is 31.2 Å². The van der Waals surface area contributed by atoms with Crippen molar-refractivity contribution in [2.75, 3.05) is 5.32 Å². The quantitative estimate of drug-likeness (QED) is 0.290. The van der Waals surface area contributed by atoms with Crippen LogP contribution in [0.15, 0.2) is 96.2 Å². The lowest BCUT2D eigenvalue weighted by molar-refractivity contribution is -0.136. The Morgan fingerprint density at radius 3 is 2.22 bits per heavy atom. The van der Waals surface area contributed by atoms with Crippen LogP contribution in [0.3, 0.4) is 0 Å². The number of hydrogen-bond acceptors (Lipinski definition) is 4. The second kappa shape index (κ2) is 9.53. The fraction of sp³-hybridized carbons (Fsp3) is 0.0400. The number of benzene rings is 3. The molecule has 1 aromatic heterocycles. The largest absolute Gasteiger partial charge is 0.329 e. The molecule has 158 valence electrons. The molecule has 0 atom stereocenters. The fourth-order valence-electron chi connectivity index (χ4n) is 3.05. The maximum atomic E-state index is 12.1. The summed E-state index contributed by atoms with van der Waals surface area (Å²) in [6, 6.07) is 26.4. The standard InChI is InChI=1S/C25H21N5O2/c1-18-12-14-19(15-13-18)23-20(17-30(29-23)22-10-6-3-7-11-22)16-26-28-25(32)24(31)27-21-8-4-2-5-9-21/h2-17H,1H3,(H,27,31)(H,28,32). The first-order valence-electron chi connectivity index (χ1n) is 10.0. The van der Waals surface area contributed by atoms with Gasteiger partial charge in [-0.3, -0.25) is 9.59 Å². The van der Waals surface area contributed by atoms with Gasteiger partial charge in [0.05, 0.1) is 11.9 Å². The average molecular weight is 423 g/mol. The molecule has 0 fully saturated rings. The van der Waals surface area contributed by atoms with Gasteiger partial charge < -0.3 is 5.32 Å². The Kier molecular flexibility index (Phi) is 6.17. The highest BCUT2D eigenvalue weighted by Crippen LogP contribution is 2.23. The molecule has 7 heteroatoms. The predicted octanol–water partition coefficient (Wildman–Crippen LogP) is 3.94. The van der Waals surface area contributed by atoms with Gasteiger partial charge in [0.15, 0.2) is 0 Å². The van der Waals surface area contributed by atoms with E-state index in [9.17, 15) is 9.59 Å². The molecule has 7 nitrogen and oxygen atoms in total. The number of aryl methyl sites for hydroxylation is 1. The van der Waals surface area contributed by atoms with Gasteiger partial charge in [0.1, 0.15) is 5.69 Å². The molecule has 0 saturated carbocycles. The maximum absolute atomic E-state index is 12.1. The van der Waals surface area contributed by atoms with E-state index < -0.39 is 11.8 Å². The third kappa shape index (κ3) is 4.96. The summed E-state index contributed by atoms with van der Waals surface area (Å²) < 4.78 is 1.75. The van der Waals surface area contributed by atoms with E-state index >= 15 is 0 Å². The number of amides is 2. The van der Waals surface area contributed by atoms with Gasteiger partial charge in [-0.2, -0.15) is 10.2 Å². The third-order valence-electron chi connectivity index (χ3n) is 4.70. The molecule has 0 radical (unpaired) electrons. The van der Waals surface area contributed by atoms with Crippen LogP contribution < -0.4 is 10.7 Å². The van der Waals surface area contributed by atoms with Crippen molar-refractivity contribution in [2.24, 2.45) is 5.10 Å². The first kappa shape index (κ1) is 20.7. The highest BCUT2D eigenvalue weighted by atomic mass is 16.2. The van der Waals surface area contributed by atoms with Crippen molar-refractivity contribution in [3.05, 3.63) is 102 Å². The number of anilines is 1. The lowest BCUT2D eigenvalue weighted by atomic mass is 10.1. The molecule has 1 heterocycles. The molecule has 0 bridgehead atoms. The zero-order valence-electron chi connectivity index (χ0n) is 17.4. The van der Waals surface area contributed by atoms with Crippen LogP contribution in [0.1, 0.15) is 11.1 Å². The number of hydrogen-bond donors (Lipinski definition) is 2. The van der Waals surface area contributed by atoms with Crippen molar-refractivity contribution >= 4 is 23.7 Å². The zero-order valence-corrected chi connectivity index (χ0v) is 17.4. The van der Waals surface area contributed by atoms with Gasteiger partial charge in [0.25, 0.3) is 0 Å². The van der Waals surface area contributed by atoms with Gasteiger partial charge >= 0.3 is 11.8 Å². The van der Waals surface area contributed by atoms with E-state index in [4.69, 9.17) is 5.10 Å². The number of carbonyl (C=O) groups excluding carboxylic acids is 2. The van der Waals surface area contributed by atoms with Crippen molar-refractivity contribution in [3.8, 4) is 16.9 Å². The van der Waals surface area contributed by atoms with Crippen LogP contribution >= 0.6 is 0 Å². The molecule has 4 aromatic rings. The lowest BCUT2D eigenvalue weighted by Gasteiger charge is -2.03. The lowest BCUT2D eigenvalue weighted by Crippen LogP contribution is -2.32. The molecular weight excluding hydrogens is 402 g/mol. The molecule has 4 rings (SSSR count). The summed E-state index contributed by atoms with van der Waals surface area (Å²) >= 11 is 0. The number of rotatable bonds is 5. The van der Waals surface area contributed by atoms with Crippen molar-refractivity contribution in [3.63, 3.8) is 0 Å². The van der Waals surface area contributed by atoms with E-state index in [1.54, 1.807) is 28.9 Å².